The lowest BCUT2D eigenvalue weighted by molar-refractivity contribution is -0.134. The van der Waals surface area contributed by atoms with E-state index in [0.29, 0.717) is 19.0 Å². The number of carbonyl (C=O) groups excluding carboxylic acids is 2. The van der Waals surface area contributed by atoms with Crippen LogP contribution in [0.2, 0.25) is 5.02 Å². The number of likely N-dealkylation sites (tertiary alicyclic amines) is 1. The lowest BCUT2D eigenvalue weighted by Crippen LogP contribution is -2.46. The van der Waals surface area contributed by atoms with Gasteiger partial charge in [0.2, 0.25) is 0 Å². The van der Waals surface area contributed by atoms with Gasteiger partial charge in [0.15, 0.2) is 11.8 Å². The summed E-state index contributed by atoms with van der Waals surface area (Å²) in [6.45, 7) is 3.18. The van der Waals surface area contributed by atoms with Crippen LogP contribution in [-0.4, -0.2) is 34.2 Å². The summed E-state index contributed by atoms with van der Waals surface area (Å²) in [5, 5.41) is 0.242. The Hall–Kier alpha value is -2.47. The summed E-state index contributed by atoms with van der Waals surface area (Å²) >= 11 is 6.00. The summed E-state index contributed by atoms with van der Waals surface area (Å²) in [6, 6.07) is 6.19. The predicted octanol–water partition coefficient (Wildman–Crippen LogP) is 3.32. The molecule has 0 aliphatic carbocycles. The van der Waals surface area contributed by atoms with Gasteiger partial charge in [-0.2, -0.15) is 0 Å². The van der Waals surface area contributed by atoms with Crippen LogP contribution in [0.25, 0.3) is 0 Å². The molecule has 1 aliphatic heterocycles. The van der Waals surface area contributed by atoms with Crippen LogP contribution in [0, 0.1) is 11.7 Å². The molecule has 27 heavy (non-hydrogen) atoms. The smallest absolute Gasteiger partial charge is 0.253 e. The molecule has 5 nitrogen and oxygen atoms in total. The highest BCUT2D eigenvalue weighted by molar-refractivity contribution is 6.30. The van der Waals surface area contributed by atoms with E-state index in [9.17, 15) is 18.8 Å². The largest absolute Gasteiger partial charge is 0.340 e. The molecular weight excluding hydrogens is 371 g/mol. The van der Waals surface area contributed by atoms with Crippen LogP contribution >= 0.6 is 11.6 Å². The number of benzene rings is 1. The Kier molecular flexibility index (Phi) is 5.75. The fourth-order valence-electron chi connectivity index (χ4n) is 3.21. The van der Waals surface area contributed by atoms with Crippen molar-refractivity contribution in [2.75, 3.05) is 13.1 Å². The number of rotatable bonds is 4. The monoisotopic (exact) mass is 390 g/mol. The summed E-state index contributed by atoms with van der Waals surface area (Å²) in [4.78, 5) is 40.2. The Balaban J connectivity index is 2.02. The maximum atomic E-state index is 13.2. The number of hydrogen-bond donors (Lipinski definition) is 0. The van der Waals surface area contributed by atoms with Crippen molar-refractivity contribution in [2.24, 2.45) is 5.92 Å². The SMILES string of the molecule is CC1CCN(C(=O)[C@@H](C(=O)c2ccc(F)cc2)n2cc(Cl)ccc2=O)CC1. The van der Waals surface area contributed by atoms with Crippen molar-refractivity contribution in [3.63, 3.8) is 0 Å². The van der Waals surface area contributed by atoms with Gasteiger partial charge >= 0.3 is 0 Å². The highest BCUT2D eigenvalue weighted by Gasteiger charge is 2.35. The Morgan fingerprint density at radius 2 is 1.74 bits per heavy atom. The maximum Gasteiger partial charge on any atom is 0.253 e. The second-order valence-electron chi connectivity index (χ2n) is 6.87. The van der Waals surface area contributed by atoms with Gasteiger partial charge in [-0.15, -0.1) is 0 Å². The average molecular weight is 391 g/mol. The fraction of sp³-hybridized carbons (Fsp3) is 0.350. The predicted molar refractivity (Wildman–Crippen MR) is 100 cm³/mol. The lowest BCUT2D eigenvalue weighted by Gasteiger charge is -2.33. The van der Waals surface area contributed by atoms with Crippen molar-refractivity contribution in [2.45, 2.75) is 25.8 Å². The third-order valence-electron chi connectivity index (χ3n) is 4.89. The first-order valence-corrected chi connectivity index (χ1v) is 9.21. The van der Waals surface area contributed by atoms with Crippen LogP contribution in [0.4, 0.5) is 4.39 Å². The van der Waals surface area contributed by atoms with Crippen LogP contribution in [0.5, 0.6) is 0 Å². The van der Waals surface area contributed by atoms with Gasteiger partial charge in [0.1, 0.15) is 5.82 Å². The molecule has 1 amide bonds. The molecule has 1 aliphatic rings. The molecule has 2 aromatic rings. The van der Waals surface area contributed by atoms with Crippen LogP contribution in [0.3, 0.4) is 0 Å². The van der Waals surface area contributed by atoms with E-state index < -0.39 is 29.1 Å². The van der Waals surface area contributed by atoms with E-state index in [1.165, 1.54) is 30.5 Å². The van der Waals surface area contributed by atoms with Crippen LogP contribution in [-0.2, 0) is 4.79 Å². The number of nitrogens with zero attached hydrogens (tertiary/aromatic N) is 2. The van der Waals surface area contributed by atoms with Gasteiger partial charge in [0.25, 0.3) is 11.5 Å². The van der Waals surface area contributed by atoms with Gasteiger partial charge in [0.05, 0.1) is 5.02 Å². The summed E-state index contributed by atoms with van der Waals surface area (Å²) in [6.07, 6.45) is 2.97. The van der Waals surface area contributed by atoms with Gasteiger partial charge in [0, 0.05) is 30.9 Å². The number of carbonyl (C=O) groups is 2. The van der Waals surface area contributed by atoms with Crippen molar-refractivity contribution < 1.29 is 14.0 Å². The first-order valence-electron chi connectivity index (χ1n) is 8.83. The molecule has 0 radical (unpaired) electrons. The maximum absolute atomic E-state index is 13.2. The standard InChI is InChI=1S/C20H20ClFN2O3/c1-13-8-10-23(11-9-13)20(27)18(24-12-15(21)4-7-17(24)25)19(26)14-2-5-16(22)6-3-14/h2-7,12-13,18H,8-11H2,1H3/t18-/m1/s1. The minimum atomic E-state index is -1.37. The van der Waals surface area contributed by atoms with Crippen molar-refractivity contribution in [3.05, 3.63) is 69.4 Å². The zero-order valence-corrected chi connectivity index (χ0v) is 15.7. The molecular formula is C20H20ClFN2O3. The number of halogens is 2. The Labute approximate surface area is 161 Å². The van der Waals surface area contributed by atoms with Crippen molar-refractivity contribution in [3.8, 4) is 0 Å². The van der Waals surface area contributed by atoms with Gasteiger partial charge in [-0.25, -0.2) is 4.39 Å². The van der Waals surface area contributed by atoms with Crippen LogP contribution in [0.1, 0.15) is 36.2 Å². The molecule has 7 heteroatoms. The summed E-state index contributed by atoms with van der Waals surface area (Å²) in [5.41, 5.74) is -0.342. The Bertz CT molecular complexity index is 902. The normalized spacial score (nSPS) is 16.2. The third kappa shape index (κ3) is 4.27. The minimum absolute atomic E-state index is 0.159. The second-order valence-corrected chi connectivity index (χ2v) is 7.31. The molecule has 1 aromatic heterocycles. The van der Waals surface area contributed by atoms with Crippen molar-refractivity contribution >= 4 is 23.3 Å². The molecule has 1 fully saturated rings. The van der Waals surface area contributed by atoms with Crippen LogP contribution in [0.15, 0.2) is 47.4 Å². The molecule has 0 N–H and O–H groups in total. The van der Waals surface area contributed by atoms with Gasteiger partial charge in [-0.3, -0.25) is 19.0 Å². The number of amides is 1. The van der Waals surface area contributed by atoms with Crippen molar-refractivity contribution in [1.82, 2.24) is 9.47 Å². The highest BCUT2D eigenvalue weighted by atomic mass is 35.5. The molecule has 1 aromatic carbocycles. The molecule has 3 rings (SSSR count). The third-order valence-corrected chi connectivity index (χ3v) is 5.11. The molecule has 0 unspecified atom stereocenters. The summed E-state index contributed by atoms with van der Waals surface area (Å²) < 4.78 is 14.3. The number of ketones is 1. The van der Waals surface area contributed by atoms with Crippen molar-refractivity contribution in [1.29, 1.82) is 0 Å². The molecule has 2 heterocycles. The Morgan fingerprint density at radius 3 is 2.37 bits per heavy atom. The van der Waals surface area contributed by atoms with Crippen LogP contribution < -0.4 is 5.56 Å². The Morgan fingerprint density at radius 1 is 1.11 bits per heavy atom. The van der Waals surface area contributed by atoms with Gasteiger partial charge in [-0.05, 0) is 49.1 Å². The minimum Gasteiger partial charge on any atom is -0.340 e. The zero-order chi connectivity index (χ0) is 19.6. The van der Waals surface area contributed by atoms with E-state index in [-0.39, 0.29) is 10.6 Å². The first kappa shape index (κ1) is 19.3. The highest BCUT2D eigenvalue weighted by Crippen LogP contribution is 2.23. The average Bonchev–Trinajstić information content (AvgIpc) is 2.65. The topological polar surface area (TPSA) is 59.4 Å². The van der Waals surface area contributed by atoms with E-state index in [1.54, 1.807) is 4.90 Å². The van der Waals surface area contributed by atoms with E-state index >= 15 is 0 Å². The molecule has 0 saturated carbocycles. The fourth-order valence-corrected chi connectivity index (χ4v) is 3.38. The van der Waals surface area contributed by atoms with E-state index in [2.05, 4.69) is 6.92 Å². The molecule has 1 atom stereocenters. The number of pyridine rings is 1. The number of hydrogen-bond acceptors (Lipinski definition) is 3. The quantitative estimate of drug-likeness (QED) is 0.594. The van der Waals surface area contributed by atoms with E-state index in [0.717, 1.165) is 29.5 Å². The summed E-state index contributed by atoms with van der Waals surface area (Å²) in [5.74, 6) is -0.989. The van der Waals surface area contributed by atoms with E-state index in [4.69, 9.17) is 11.6 Å². The van der Waals surface area contributed by atoms with Gasteiger partial charge < -0.3 is 4.90 Å². The first-order chi connectivity index (χ1) is 12.9. The zero-order valence-electron chi connectivity index (χ0n) is 14.9. The molecule has 1 saturated heterocycles. The molecule has 0 spiro atoms. The summed E-state index contributed by atoms with van der Waals surface area (Å²) in [7, 11) is 0. The van der Waals surface area contributed by atoms with Gasteiger partial charge in [-0.1, -0.05) is 18.5 Å². The number of aromatic nitrogens is 1. The molecule has 0 bridgehead atoms. The number of piperidine rings is 1. The lowest BCUT2D eigenvalue weighted by atomic mass is 9.97. The second kappa shape index (κ2) is 8.05. The number of Topliss-reactive ketones (excluding diaryl/α,β-unsaturated/α-hetero) is 1. The van der Waals surface area contributed by atoms with E-state index in [1.807, 2.05) is 0 Å². The molecule has 142 valence electrons.